The molecule has 20 heavy (non-hydrogen) atoms. The Morgan fingerprint density at radius 1 is 1.00 bits per heavy atom. The Morgan fingerprint density at radius 2 is 1.75 bits per heavy atom. The summed E-state index contributed by atoms with van der Waals surface area (Å²) in [6.45, 7) is 8.16. The molecular formula is C17H22N2O. The number of rotatable bonds is 5. The molecule has 0 aliphatic carbocycles. The molecule has 3 heteroatoms. The predicted molar refractivity (Wildman–Crippen MR) is 82.0 cm³/mol. The monoisotopic (exact) mass is 270 g/mol. The highest BCUT2D eigenvalue weighted by atomic mass is 16.5. The number of methoxy groups -OCH3 is 1. The van der Waals surface area contributed by atoms with E-state index in [0.29, 0.717) is 5.88 Å². The average Bonchev–Trinajstić information content (AvgIpc) is 2.45. The molecule has 0 saturated carbocycles. The van der Waals surface area contributed by atoms with Gasteiger partial charge in [-0.1, -0.05) is 18.2 Å². The number of ether oxygens (including phenoxy) is 1. The predicted octanol–water partition coefficient (Wildman–Crippen LogP) is 3.31. The topological polar surface area (TPSA) is 34.1 Å². The summed E-state index contributed by atoms with van der Waals surface area (Å²) in [4.78, 5) is 4.20. The van der Waals surface area contributed by atoms with Gasteiger partial charge in [-0.05, 0) is 48.6 Å². The van der Waals surface area contributed by atoms with Crippen LogP contribution in [-0.2, 0) is 13.1 Å². The van der Waals surface area contributed by atoms with Crippen molar-refractivity contribution in [1.82, 2.24) is 10.3 Å². The van der Waals surface area contributed by atoms with Gasteiger partial charge in [0.15, 0.2) is 0 Å². The fourth-order valence-electron chi connectivity index (χ4n) is 2.19. The molecule has 0 unspecified atom stereocenters. The molecule has 0 amide bonds. The van der Waals surface area contributed by atoms with Crippen LogP contribution in [0.3, 0.4) is 0 Å². The fraction of sp³-hybridized carbons (Fsp3) is 0.353. The summed E-state index contributed by atoms with van der Waals surface area (Å²) in [6, 6.07) is 8.44. The van der Waals surface area contributed by atoms with Crippen LogP contribution in [0, 0.1) is 20.8 Å². The molecule has 0 atom stereocenters. The van der Waals surface area contributed by atoms with Crippen LogP contribution in [0.1, 0.15) is 27.8 Å². The number of aryl methyl sites for hydroxylation is 3. The number of aromatic nitrogens is 1. The Balaban J connectivity index is 1.94. The van der Waals surface area contributed by atoms with Gasteiger partial charge in [0.2, 0.25) is 5.88 Å². The summed E-state index contributed by atoms with van der Waals surface area (Å²) in [6.07, 6.45) is 1.85. The smallest absolute Gasteiger partial charge is 0.212 e. The van der Waals surface area contributed by atoms with E-state index in [9.17, 15) is 0 Å². The number of hydrogen-bond donors (Lipinski definition) is 1. The maximum atomic E-state index is 5.05. The highest BCUT2D eigenvalue weighted by molar-refractivity contribution is 5.36. The first-order chi connectivity index (χ1) is 9.60. The van der Waals surface area contributed by atoms with Gasteiger partial charge in [0.1, 0.15) is 0 Å². The average molecular weight is 270 g/mol. The van der Waals surface area contributed by atoms with Crippen molar-refractivity contribution < 1.29 is 4.74 Å². The van der Waals surface area contributed by atoms with Crippen molar-refractivity contribution >= 4 is 0 Å². The normalized spacial score (nSPS) is 10.6. The van der Waals surface area contributed by atoms with Crippen LogP contribution < -0.4 is 10.1 Å². The van der Waals surface area contributed by atoms with E-state index in [1.165, 1.54) is 22.3 Å². The van der Waals surface area contributed by atoms with E-state index in [4.69, 9.17) is 4.74 Å². The minimum atomic E-state index is 0.652. The van der Waals surface area contributed by atoms with Crippen LogP contribution in [0.2, 0.25) is 0 Å². The van der Waals surface area contributed by atoms with Crippen LogP contribution in [0.4, 0.5) is 0 Å². The lowest BCUT2D eigenvalue weighted by atomic mass is 10.0. The van der Waals surface area contributed by atoms with Crippen molar-refractivity contribution in [3.63, 3.8) is 0 Å². The summed E-state index contributed by atoms with van der Waals surface area (Å²) in [7, 11) is 1.63. The Morgan fingerprint density at radius 3 is 2.40 bits per heavy atom. The zero-order valence-electron chi connectivity index (χ0n) is 12.7. The second kappa shape index (κ2) is 6.53. The van der Waals surface area contributed by atoms with Crippen molar-refractivity contribution in [1.29, 1.82) is 0 Å². The van der Waals surface area contributed by atoms with E-state index in [-0.39, 0.29) is 0 Å². The number of benzene rings is 1. The minimum absolute atomic E-state index is 0.652. The Hall–Kier alpha value is -1.87. The van der Waals surface area contributed by atoms with E-state index in [1.807, 2.05) is 18.3 Å². The first kappa shape index (κ1) is 14.5. The lowest BCUT2D eigenvalue weighted by molar-refractivity contribution is 0.397. The third kappa shape index (κ3) is 3.58. The molecule has 2 aromatic rings. The zero-order chi connectivity index (χ0) is 14.5. The second-order valence-corrected chi connectivity index (χ2v) is 5.18. The van der Waals surface area contributed by atoms with Crippen molar-refractivity contribution in [3.8, 4) is 5.88 Å². The lowest BCUT2D eigenvalue weighted by Crippen LogP contribution is -2.14. The first-order valence-corrected chi connectivity index (χ1v) is 6.86. The maximum Gasteiger partial charge on any atom is 0.212 e. The van der Waals surface area contributed by atoms with Gasteiger partial charge < -0.3 is 10.1 Å². The van der Waals surface area contributed by atoms with Crippen molar-refractivity contribution in [3.05, 3.63) is 58.3 Å². The van der Waals surface area contributed by atoms with Gasteiger partial charge in [-0.25, -0.2) is 4.98 Å². The highest BCUT2D eigenvalue weighted by Gasteiger charge is 2.02. The third-order valence-electron chi connectivity index (χ3n) is 3.60. The molecule has 1 aromatic heterocycles. The summed E-state index contributed by atoms with van der Waals surface area (Å²) < 4.78 is 5.05. The van der Waals surface area contributed by atoms with Gasteiger partial charge in [-0.2, -0.15) is 0 Å². The number of hydrogen-bond acceptors (Lipinski definition) is 3. The molecule has 1 N–H and O–H groups in total. The fourth-order valence-corrected chi connectivity index (χ4v) is 2.19. The zero-order valence-corrected chi connectivity index (χ0v) is 12.7. The Kier molecular flexibility index (Phi) is 4.74. The van der Waals surface area contributed by atoms with Crippen molar-refractivity contribution in [2.45, 2.75) is 33.9 Å². The summed E-state index contributed by atoms with van der Waals surface area (Å²) >= 11 is 0. The molecule has 3 nitrogen and oxygen atoms in total. The maximum absolute atomic E-state index is 5.05. The van der Waals surface area contributed by atoms with Gasteiger partial charge in [-0.15, -0.1) is 0 Å². The standard InChI is InChI=1S/C17H22N2O/c1-12-7-14(3)16(8-13(12)2)11-18-9-15-5-6-17(20-4)19-10-15/h5-8,10,18H,9,11H2,1-4H3. The molecule has 1 heterocycles. The van der Waals surface area contributed by atoms with Crippen molar-refractivity contribution in [2.75, 3.05) is 7.11 Å². The summed E-state index contributed by atoms with van der Waals surface area (Å²) in [5.74, 6) is 0.652. The van der Waals surface area contributed by atoms with Crippen LogP contribution >= 0.6 is 0 Å². The lowest BCUT2D eigenvalue weighted by Gasteiger charge is -2.11. The SMILES string of the molecule is COc1ccc(CNCc2cc(C)c(C)cc2C)cn1. The number of nitrogens with zero attached hydrogens (tertiary/aromatic N) is 1. The van der Waals surface area contributed by atoms with Gasteiger partial charge >= 0.3 is 0 Å². The third-order valence-corrected chi connectivity index (χ3v) is 3.60. The molecule has 2 rings (SSSR count). The molecule has 0 saturated heterocycles. The largest absolute Gasteiger partial charge is 0.481 e. The molecule has 0 aliphatic heterocycles. The molecule has 0 aliphatic rings. The van der Waals surface area contributed by atoms with E-state index in [1.54, 1.807) is 7.11 Å². The van der Waals surface area contributed by atoms with E-state index in [2.05, 4.69) is 43.2 Å². The van der Waals surface area contributed by atoms with E-state index >= 15 is 0 Å². The van der Waals surface area contributed by atoms with Gasteiger partial charge in [0.25, 0.3) is 0 Å². The Bertz CT molecular complexity index is 576. The van der Waals surface area contributed by atoms with Crippen LogP contribution in [-0.4, -0.2) is 12.1 Å². The van der Waals surface area contributed by atoms with Gasteiger partial charge in [0, 0.05) is 25.4 Å². The minimum Gasteiger partial charge on any atom is -0.481 e. The quantitative estimate of drug-likeness (QED) is 0.905. The van der Waals surface area contributed by atoms with Crippen LogP contribution in [0.25, 0.3) is 0 Å². The summed E-state index contributed by atoms with van der Waals surface area (Å²) in [5.41, 5.74) is 6.56. The highest BCUT2D eigenvalue weighted by Crippen LogP contribution is 2.15. The first-order valence-electron chi connectivity index (χ1n) is 6.86. The molecular weight excluding hydrogens is 248 g/mol. The van der Waals surface area contributed by atoms with Gasteiger partial charge in [-0.3, -0.25) is 0 Å². The van der Waals surface area contributed by atoms with Crippen molar-refractivity contribution in [2.24, 2.45) is 0 Å². The summed E-state index contributed by atoms with van der Waals surface area (Å²) in [5, 5.41) is 3.46. The Labute approximate surface area is 121 Å². The molecule has 1 aromatic carbocycles. The second-order valence-electron chi connectivity index (χ2n) is 5.18. The van der Waals surface area contributed by atoms with E-state index < -0.39 is 0 Å². The number of pyridine rings is 1. The van der Waals surface area contributed by atoms with Crippen LogP contribution in [0.5, 0.6) is 5.88 Å². The molecule has 106 valence electrons. The number of nitrogens with one attached hydrogen (secondary N) is 1. The van der Waals surface area contributed by atoms with E-state index in [0.717, 1.165) is 18.7 Å². The van der Waals surface area contributed by atoms with Gasteiger partial charge in [0.05, 0.1) is 7.11 Å². The molecule has 0 fully saturated rings. The van der Waals surface area contributed by atoms with Crippen LogP contribution in [0.15, 0.2) is 30.5 Å². The molecule has 0 radical (unpaired) electrons. The molecule has 0 bridgehead atoms. The molecule has 0 spiro atoms.